The zero-order valence-electron chi connectivity index (χ0n) is 11.7. The molecule has 0 radical (unpaired) electrons. The second-order valence-electron chi connectivity index (χ2n) is 4.73. The zero-order valence-corrected chi connectivity index (χ0v) is 11.7. The third-order valence-electron chi connectivity index (χ3n) is 2.67. The quantitative estimate of drug-likeness (QED) is 0.438. The highest BCUT2D eigenvalue weighted by atomic mass is 15.3. The van der Waals surface area contributed by atoms with Crippen molar-refractivity contribution in [2.24, 2.45) is 10.9 Å². The monoisotopic (exact) mass is 251 g/mol. The summed E-state index contributed by atoms with van der Waals surface area (Å²) in [6, 6.07) is 1.93. The van der Waals surface area contributed by atoms with Crippen LogP contribution in [0.25, 0.3) is 0 Å². The molecule has 5 heteroatoms. The van der Waals surface area contributed by atoms with Gasteiger partial charge in [0.05, 0.1) is 6.54 Å². The Morgan fingerprint density at radius 3 is 2.72 bits per heavy atom. The van der Waals surface area contributed by atoms with Crippen LogP contribution in [-0.2, 0) is 6.54 Å². The molecule has 0 atom stereocenters. The van der Waals surface area contributed by atoms with E-state index in [1.165, 1.54) is 12.8 Å². The molecule has 0 aliphatic heterocycles. The second-order valence-corrected chi connectivity index (χ2v) is 4.73. The van der Waals surface area contributed by atoms with E-state index in [2.05, 4.69) is 34.6 Å². The molecule has 5 nitrogen and oxygen atoms in total. The van der Waals surface area contributed by atoms with E-state index in [-0.39, 0.29) is 0 Å². The van der Waals surface area contributed by atoms with E-state index in [1.54, 1.807) is 13.2 Å². The average Bonchev–Trinajstić information content (AvgIpc) is 2.85. The lowest BCUT2D eigenvalue weighted by Crippen LogP contribution is -2.39. The number of nitrogens with one attached hydrogen (secondary N) is 2. The van der Waals surface area contributed by atoms with Gasteiger partial charge in [0.2, 0.25) is 0 Å². The van der Waals surface area contributed by atoms with Crippen LogP contribution in [0.1, 0.15) is 26.7 Å². The molecular weight excluding hydrogens is 226 g/mol. The minimum Gasteiger partial charge on any atom is -0.356 e. The van der Waals surface area contributed by atoms with Crippen molar-refractivity contribution in [3.8, 4) is 0 Å². The largest absolute Gasteiger partial charge is 0.356 e. The lowest BCUT2D eigenvalue weighted by atomic mass is 10.1. The van der Waals surface area contributed by atoms with E-state index in [0.717, 1.165) is 31.5 Å². The van der Waals surface area contributed by atoms with Gasteiger partial charge in [0.1, 0.15) is 0 Å². The van der Waals surface area contributed by atoms with Crippen molar-refractivity contribution in [3.05, 3.63) is 18.5 Å². The predicted octanol–water partition coefficient (Wildman–Crippen LogP) is 1.48. The second kappa shape index (κ2) is 8.55. The number of aromatic nitrogens is 2. The van der Waals surface area contributed by atoms with Crippen LogP contribution in [0.5, 0.6) is 0 Å². The van der Waals surface area contributed by atoms with Gasteiger partial charge in [-0.1, -0.05) is 13.8 Å². The third kappa shape index (κ3) is 6.27. The smallest absolute Gasteiger partial charge is 0.191 e. The fraction of sp³-hybridized carbons (Fsp3) is 0.692. The molecule has 18 heavy (non-hydrogen) atoms. The molecule has 0 unspecified atom stereocenters. The molecule has 1 aromatic heterocycles. The Morgan fingerprint density at radius 2 is 2.11 bits per heavy atom. The number of hydrogen-bond donors (Lipinski definition) is 2. The van der Waals surface area contributed by atoms with Crippen molar-refractivity contribution in [2.75, 3.05) is 20.1 Å². The Hall–Kier alpha value is -1.52. The first-order valence-electron chi connectivity index (χ1n) is 6.64. The summed E-state index contributed by atoms with van der Waals surface area (Å²) in [5.41, 5.74) is 0. The molecule has 1 heterocycles. The summed E-state index contributed by atoms with van der Waals surface area (Å²) < 4.78 is 1.90. The summed E-state index contributed by atoms with van der Waals surface area (Å²) in [5, 5.41) is 10.7. The normalized spacial score (nSPS) is 11.9. The summed E-state index contributed by atoms with van der Waals surface area (Å²) in [6.45, 7) is 7.14. The van der Waals surface area contributed by atoms with Crippen LogP contribution >= 0.6 is 0 Å². The van der Waals surface area contributed by atoms with E-state index in [4.69, 9.17) is 0 Å². The molecule has 0 saturated heterocycles. The fourth-order valence-electron chi connectivity index (χ4n) is 1.66. The number of guanidine groups is 1. The maximum Gasteiger partial charge on any atom is 0.191 e. The predicted molar refractivity (Wildman–Crippen MR) is 75.7 cm³/mol. The van der Waals surface area contributed by atoms with Gasteiger partial charge in [0.15, 0.2) is 5.96 Å². The van der Waals surface area contributed by atoms with E-state index in [9.17, 15) is 0 Å². The minimum absolute atomic E-state index is 0.765. The number of aliphatic imine (C=N–C) groups is 1. The topological polar surface area (TPSA) is 54.2 Å². The van der Waals surface area contributed by atoms with E-state index < -0.39 is 0 Å². The van der Waals surface area contributed by atoms with E-state index in [0.29, 0.717) is 0 Å². The highest BCUT2D eigenvalue weighted by Gasteiger charge is 1.98. The van der Waals surface area contributed by atoms with E-state index in [1.807, 2.05) is 16.9 Å². The van der Waals surface area contributed by atoms with Gasteiger partial charge in [-0.25, -0.2) is 0 Å². The van der Waals surface area contributed by atoms with Crippen LogP contribution in [0.15, 0.2) is 23.5 Å². The van der Waals surface area contributed by atoms with Gasteiger partial charge in [-0.15, -0.1) is 0 Å². The molecule has 0 fully saturated rings. The minimum atomic E-state index is 0.765. The molecule has 1 aromatic rings. The van der Waals surface area contributed by atoms with Crippen LogP contribution in [-0.4, -0.2) is 35.9 Å². The number of nitrogens with zero attached hydrogens (tertiary/aromatic N) is 3. The van der Waals surface area contributed by atoms with Crippen molar-refractivity contribution in [3.63, 3.8) is 0 Å². The summed E-state index contributed by atoms with van der Waals surface area (Å²) >= 11 is 0. The van der Waals surface area contributed by atoms with Crippen molar-refractivity contribution >= 4 is 5.96 Å². The Kier molecular flexibility index (Phi) is 6.91. The van der Waals surface area contributed by atoms with Crippen molar-refractivity contribution in [2.45, 2.75) is 33.2 Å². The SMILES string of the molecule is CN=C(NCCCC(C)C)NCCn1cccn1. The van der Waals surface area contributed by atoms with Crippen molar-refractivity contribution < 1.29 is 0 Å². The molecular formula is C13H25N5. The first kappa shape index (κ1) is 14.5. The van der Waals surface area contributed by atoms with Crippen molar-refractivity contribution in [1.82, 2.24) is 20.4 Å². The molecule has 0 aromatic carbocycles. The maximum atomic E-state index is 4.19. The summed E-state index contributed by atoms with van der Waals surface area (Å²) in [4.78, 5) is 4.19. The maximum absolute atomic E-state index is 4.19. The third-order valence-corrected chi connectivity index (χ3v) is 2.67. The van der Waals surface area contributed by atoms with Gasteiger partial charge in [0, 0.05) is 32.5 Å². The van der Waals surface area contributed by atoms with Crippen LogP contribution in [0.4, 0.5) is 0 Å². The summed E-state index contributed by atoms with van der Waals surface area (Å²) in [5.74, 6) is 1.63. The zero-order chi connectivity index (χ0) is 13.2. The Labute approximate surface area is 110 Å². The molecule has 2 N–H and O–H groups in total. The van der Waals surface area contributed by atoms with Gasteiger partial charge in [-0.3, -0.25) is 9.67 Å². The molecule has 102 valence electrons. The summed E-state index contributed by atoms with van der Waals surface area (Å²) in [7, 11) is 1.80. The van der Waals surface area contributed by atoms with Gasteiger partial charge in [0.25, 0.3) is 0 Å². The lowest BCUT2D eigenvalue weighted by molar-refractivity contribution is 0.547. The number of hydrogen-bond acceptors (Lipinski definition) is 2. The highest BCUT2D eigenvalue weighted by Crippen LogP contribution is 2.01. The Bertz CT molecular complexity index is 329. The van der Waals surface area contributed by atoms with Crippen LogP contribution in [0, 0.1) is 5.92 Å². The molecule has 0 amide bonds. The molecule has 0 aliphatic rings. The summed E-state index contributed by atoms with van der Waals surface area (Å²) in [6.07, 6.45) is 6.17. The van der Waals surface area contributed by atoms with Crippen LogP contribution in [0.2, 0.25) is 0 Å². The molecule has 0 aliphatic carbocycles. The Balaban J connectivity index is 2.10. The standard InChI is InChI=1S/C13H25N5/c1-12(2)6-4-7-15-13(14-3)16-9-11-18-10-5-8-17-18/h5,8,10,12H,4,6-7,9,11H2,1-3H3,(H2,14,15,16). The van der Waals surface area contributed by atoms with Gasteiger partial charge in [-0.05, 0) is 24.8 Å². The van der Waals surface area contributed by atoms with Gasteiger partial charge in [-0.2, -0.15) is 5.10 Å². The molecule has 1 rings (SSSR count). The van der Waals surface area contributed by atoms with Crippen LogP contribution in [0.3, 0.4) is 0 Å². The molecule has 0 spiro atoms. The average molecular weight is 251 g/mol. The van der Waals surface area contributed by atoms with Gasteiger partial charge >= 0.3 is 0 Å². The first-order chi connectivity index (χ1) is 8.72. The van der Waals surface area contributed by atoms with E-state index >= 15 is 0 Å². The first-order valence-corrected chi connectivity index (χ1v) is 6.64. The van der Waals surface area contributed by atoms with Gasteiger partial charge < -0.3 is 10.6 Å². The van der Waals surface area contributed by atoms with Crippen LogP contribution < -0.4 is 10.6 Å². The Morgan fingerprint density at radius 1 is 1.33 bits per heavy atom. The molecule has 0 saturated carbocycles. The molecule has 0 bridgehead atoms. The van der Waals surface area contributed by atoms with Crippen molar-refractivity contribution in [1.29, 1.82) is 0 Å². The highest BCUT2D eigenvalue weighted by molar-refractivity contribution is 5.79. The fourth-order valence-corrected chi connectivity index (χ4v) is 1.66. The number of rotatable bonds is 7. The lowest BCUT2D eigenvalue weighted by Gasteiger charge is -2.12.